The minimum atomic E-state index is -0.977. The summed E-state index contributed by atoms with van der Waals surface area (Å²) in [6, 6.07) is 3.82. The quantitative estimate of drug-likeness (QED) is 0.860. The Balaban J connectivity index is 2.24. The van der Waals surface area contributed by atoms with Crippen LogP contribution < -0.4 is 0 Å². The number of hydrogen-bond donors (Lipinski definition) is 1. The highest BCUT2D eigenvalue weighted by molar-refractivity contribution is 5.88. The van der Waals surface area contributed by atoms with Gasteiger partial charge in [0.2, 0.25) is 5.82 Å². The Bertz CT molecular complexity index is 570. The van der Waals surface area contributed by atoms with Crippen molar-refractivity contribution in [2.24, 2.45) is 0 Å². The maximum absolute atomic E-state index is 11.2. The summed E-state index contributed by atoms with van der Waals surface area (Å²) in [6.07, 6.45) is 6.01. The Hall–Kier alpha value is -1.91. The summed E-state index contributed by atoms with van der Waals surface area (Å²) in [7, 11) is 0. The molecule has 5 heteroatoms. The van der Waals surface area contributed by atoms with Gasteiger partial charge in [-0.2, -0.15) is 0 Å². The Morgan fingerprint density at radius 3 is 2.88 bits per heavy atom. The van der Waals surface area contributed by atoms with Gasteiger partial charge >= 0.3 is 5.97 Å². The van der Waals surface area contributed by atoms with Crippen molar-refractivity contribution >= 4 is 17.1 Å². The Morgan fingerprint density at radius 1 is 1.41 bits per heavy atom. The maximum atomic E-state index is 11.2. The fourth-order valence-electron chi connectivity index (χ4n) is 2.59. The molecule has 0 aromatic carbocycles. The van der Waals surface area contributed by atoms with Crippen LogP contribution in [0, 0.1) is 0 Å². The van der Waals surface area contributed by atoms with E-state index in [0.717, 1.165) is 25.7 Å². The first kappa shape index (κ1) is 10.3. The van der Waals surface area contributed by atoms with Crippen LogP contribution in [0.25, 0.3) is 11.2 Å². The third-order valence-electron chi connectivity index (χ3n) is 3.33. The zero-order chi connectivity index (χ0) is 11.8. The smallest absolute Gasteiger partial charge is 0.372 e. The number of imidazole rings is 1. The average Bonchev–Trinajstić information content (AvgIpc) is 2.94. The molecule has 2 heterocycles. The minimum absolute atomic E-state index is 0.116. The number of fused-ring (bicyclic) bond motifs is 1. The molecule has 0 atom stereocenters. The van der Waals surface area contributed by atoms with E-state index in [2.05, 4.69) is 9.97 Å². The highest BCUT2D eigenvalue weighted by Crippen LogP contribution is 2.32. The molecule has 0 amide bonds. The number of aromatic carboxylic acids is 1. The normalized spacial score (nSPS) is 16.7. The average molecular weight is 231 g/mol. The molecule has 1 fully saturated rings. The third kappa shape index (κ3) is 1.58. The number of hydrogen-bond acceptors (Lipinski definition) is 3. The fraction of sp³-hybridized carbons (Fsp3) is 0.417. The van der Waals surface area contributed by atoms with E-state index in [-0.39, 0.29) is 11.9 Å². The van der Waals surface area contributed by atoms with E-state index in [1.54, 1.807) is 22.9 Å². The molecule has 0 bridgehead atoms. The molecular formula is C12H13N3O2. The Labute approximate surface area is 98.1 Å². The second-order valence-electron chi connectivity index (χ2n) is 4.39. The molecule has 1 N–H and O–H groups in total. The number of carboxylic acid groups (broad SMARTS) is 1. The summed E-state index contributed by atoms with van der Waals surface area (Å²) in [4.78, 5) is 19.7. The first-order valence-electron chi connectivity index (χ1n) is 5.83. The van der Waals surface area contributed by atoms with E-state index in [1.165, 1.54) is 0 Å². The summed E-state index contributed by atoms with van der Waals surface area (Å²) in [5.41, 5.74) is 1.36. The molecule has 17 heavy (non-hydrogen) atoms. The van der Waals surface area contributed by atoms with Crippen molar-refractivity contribution in [1.29, 1.82) is 0 Å². The van der Waals surface area contributed by atoms with Crippen LogP contribution in [0.3, 0.4) is 0 Å². The van der Waals surface area contributed by atoms with Crippen LogP contribution in [-0.4, -0.2) is 25.6 Å². The molecule has 0 radical (unpaired) electrons. The first-order chi connectivity index (χ1) is 8.27. The lowest BCUT2D eigenvalue weighted by molar-refractivity contribution is 0.0676. The van der Waals surface area contributed by atoms with Gasteiger partial charge in [0.05, 0.1) is 0 Å². The molecule has 0 saturated heterocycles. The molecule has 0 unspecified atom stereocenters. The number of aromatic nitrogens is 3. The number of carboxylic acids is 1. The molecule has 5 nitrogen and oxygen atoms in total. The standard InChI is InChI=1S/C12H13N3O2/c16-12(17)11-14-9-6-3-7-13-10(9)15(11)8-4-1-2-5-8/h3,6-8H,1-2,4-5H2,(H,16,17). The van der Waals surface area contributed by atoms with Gasteiger partial charge in [-0.25, -0.2) is 14.8 Å². The van der Waals surface area contributed by atoms with Crippen molar-refractivity contribution < 1.29 is 9.90 Å². The number of rotatable bonds is 2. The lowest BCUT2D eigenvalue weighted by Gasteiger charge is -2.13. The summed E-state index contributed by atoms with van der Waals surface area (Å²) in [6.45, 7) is 0. The molecule has 3 rings (SSSR count). The van der Waals surface area contributed by atoms with Crippen LogP contribution in [-0.2, 0) is 0 Å². The van der Waals surface area contributed by atoms with Crippen molar-refractivity contribution in [2.45, 2.75) is 31.7 Å². The van der Waals surface area contributed by atoms with Crippen LogP contribution in [0.2, 0.25) is 0 Å². The molecule has 1 aliphatic rings. The topological polar surface area (TPSA) is 68.0 Å². The zero-order valence-electron chi connectivity index (χ0n) is 9.33. The van der Waals surface area contributed by atoms with E-state index in [4.69, 9.17) is 0 Å². The Morgan fingerprint density at radius 2 is 2.18 bits per heavy atom. The summed E-state index contributed by atoms with van der Waals surface area (Å²) < 4.78 is 1.80. The fourth-order valence-corrected chi connectivity index (χ4v) is 2.59. The molecule has 88 valence electrons. The molecular weight excluding hydrogens is 218 g/mol. The van der Waals surface area contributed by atoms with E-state index in [0.29, 0.717) is 11.2 Å². The SMILES string of the molecule is O=C(O)c1nc2cccnc2n1C1CCCC1. The van der Waals surface area contributed by atoms with Crippen molar-refractivity contribution in [3.05, 3.63) is 24.2 Å². The second kappa shape index (κ2) is 3.84. The monoisotopic (exact) mass is 231 g/mol. The van der Waals surface area contributed by atoms with Gasteiger partial charge in [-0.05, 0) is 25.0 Å². The van der Waals surface area contributed by atoms with Crippen molar-refractivity contribution in [2.75, 3.05) is 0 Å². The van der Waals surface area contributed by atoms with Crippen LogP contribution >= 0.6 is 0 Å². The molecule has 1 saturated carbocycles. The van der Waals surface area contributed by atoms with Crippen LogP contribution in [0.1, 0.15) is 42.3 Å². The van der Waals surface area contributed by atoms with E-state index in [1.807, 2.05) is 0 Å². The minimum Gasteiger partial charge on any atom is -0.475 e. The van der Waals surface area contributed by atoms with Gasteiger partial charge in [0, 0.05) is 12.2 Å². The third-order valence-corrected chi connectivity index (χ3v) is 3.33. The highest BCUT2D eigenvalue weighted by atomic mass is 16.4. The number of carbonyl (C=O) groups is 1. The van der Waals surface area contributed by atoms with Gasteiger partial charge in [-0.1, -0.05) is 12.8 Å². The van der Waals surface area contributed by atoms with Gasteiger partial charge in [0.25, 0.3) is 0 Å². The van der Waals surface area contributed by atoms with Crippen molar-refractivity contribution in [1.82, 2.24) is 14.5 Å². The number of nitrogens with zero attached hydrogens (tertiary/aromatic N) is 3. The zero-order valence-corrected chi connectivity index (χ0v) is 9.33. The molecule has 0 spiro atoms. The van der Waals surface area contributed by atoms with Gasteiger partial charge in [-0.15, -0.1) is 0 Å². The molecule has 1 aliphatic carbocycles. The van der Waals surface area contributed by atoms with Gasteiger partial charge < -0.3 is 5.11 Å². The van der Waals surface area contributed by atoms with Crippen LogP contribution in [0.5, 0.6) is 0 Å². The highest BCUT2D eigenvalue weighted by Gasteiger charge is 2.25. The predicted molar refractivity (Wildman–Crippen MR) is 62.0 cm³/mol. The summed E-state index contributed by atoms with van der Waals surface area (Å²) >= 11 is 0. The number of pyridine rings is 1. The lowest BCUT2D eigenvalue weighted by Crippen LogP contribution is -2.14. The summed E-state index contributed by atoms with van der Waals surface area (Å²) in [5, 5.41) is 9.22. The first-order valence-corrected chi connectivity index (χ1v) is 5.83. The van der Waals surface area contributed by atoms with E-state index < -0.39 is 5.97 Å². The molecule has 2 aromatic heterocycles. The van der Waals surface area contributed by atoms with Gasteiger partial charge in [0.15, 0.2) is 5.65 Å². The van der Waals surface area contributed by atoms with Gasteiger partial charge in [0.1, 0.15) is 5.52 Å². The van der Waals surface area contributed by atoms with E-state index >= 15 is 0 Å². The van der Waals surface area contributed by atoms with Gasteiger partial charge in [-0.3, -0.25) is 4.57 Å². The maximum Gasteiger partial charge on any atom is 0.372 e. The second-order valence-corrected chi connectivity index (χ2v) is 4.39. The van der Waals surface area contributed by atoms with Crippen molar-refractivity contribution in [3.63, 3.8) is 0 Å². The van der Waals surface area contributed by atoms with Crippen LogP contribution in [0.4, 0.5) is 0 Å². The van der Waals surface area contributed by atoms with Crippen molar-refractivity contribution in [3.8, 4) is 0 Å². The lowest BCUT2D eigenvalue weighted by atomic mass is 10.2. The van der Waals surface area contributed by atoms with Crippen LogP contribution in [0.15, 0.2) is 18.3 Å². The predicted octanol–water partition coefficient (Wildman–Crippen LogP) is 2.24. The van der Waals surface area contributed by atoms with E-state index in [9.17, 15) is 9.90 Å². The molecule has 2 aromatic rings. The largest absolute Gasteiger partial charge is 0.475 e. The molecule has 0 aliphatic heterocycles. The summed E-state index contributed by atoms with van der Waals surface area (Å²) in [5.74, 6) is -0.861. The Kier molecular flexibility index (Phi) is 2.31.